The third-order valence-electron chi connectivity index (χ3n) is 34.0. The van der Waals surface area contributed by atoms with Crippen LogP contribution < -0.4 is 14.7 Å². The second-order valence-electron chi connectivity index (χ2n) is 45.5. The average molecular weight is 1870 g/mol. The first kappa shape index (κ1) is 137. The third-order valence-corrected chi connectivity index (χ3v) is 34.0. The lowest BCUT2D eigenvalue weighted by molar-refractivity contribution is -0.962. The molecule has 131 heavy (non-hydrogen) atoms. The van der Waals surface area contributed by atoms with Crippen LogP contribution in [0.3, 0.4) is 0 Å². The maximum Gasteiger partial charge on any atom is 0.0995 e. The van der Waals surface area contributed by atoms with Crippen LogP contribution >= 0.6 is 7.82 Å². The van der Waals surface area contributed by atoms with Gasteiger partial charge in [0.05, 0.1) is 77.0 Å². The van der Waals surface area contributed by atoms with E-state index in [0.29, 0.717) is 16.6 Å². The molecule has 6 atom stereocenters. The molecule has 6 unspecified atom stereocenters. The lowest BCUT2D eigenvalue weighted by Gasteiger charge is -2.54. The Morgan fingerprint density at radius 1 is 0.176 bits per heavy atom. The van der Waals surface area contributed by atoms with Crippen molar-refractivity contribution in [2.24, 2.45) is 35.5 Å². The molecule has 0 aliphatic heterocycles. The average Bonchev–Trinajstić information content (AvgIpc) is 0.780. The monoisotopic (exact) mass is 1870 g/mol. The summed E-state index contributed by atoms with van der Waals surface area (Å²) in [6, 6.07) is 0. The summed E-state index contributed by atoms with van der Waals surface area (Å²) in [5.74, 6) is 5.48. The molecule has 0 bridgehead atoms. The van der Waals surface area contributed by atoms with Gasteiger partial charge in [0, 0.05) is 57.8 Å². The van der Waals surface area contributed by atoms with Crippen LogP contribution in [0.25, 0.3) is 0 Å². The zero-order chi connectivity index (χ0) is 98.6. The van der Waals surface area contributed by atoms with Crippen LogP contribution in [-0.4, -0.2) is 90.5 Å². The van der Waals surface area contributed by atoms with Crippen LogP contribution in [0.15, 0.2) is 0 Å². The quantitative estimate of drug-likeness (QED) is 0.0345. The van der Waals surface area contributed by atoms with Crippen molar-refractivity contribution in [3.63, 3.8) is 0 Å². The van der Waals surface area contributed by atoms with E-state index in [1.54, 1.807) is 0 Å². The van der Waals surface area contributed by atoms with Crippen LogP contribution in [0, 0.1) is 35.5 Å². The predicted molar refractivity (Wildman–Crippen MR) is 591 cm³/mol. The van der Waals surface area contributed by atoms with E-state index < -0.39 is 7.82 Å². The van der Waals surface area contributed by atoms with Crippen LogP contribution in [0.4, 0.5) is 0 Å². The summed E-state index contributed by atoms with van der Waals surface area (Å²) in [5, 5.41) is 0. The molecule has 0 aromatic carbocycles. The summed E-state index contributed by atoms with van der Waals surface area (Å²) in [7, 11) is 3.00. The zero-order valence-electron chi connectivity index (χ0n) is 96.0. The van der Waals surface area contributed by atoms with Crippen molar-refractivity contribution < 1.29 is 32.7 Å². The fourth-order valence-corrected chi connectivity index (χ4v) is 24.3. The highest BCUT2D eigenvalue weighted by Crippen LogP contribution is 2.49. The van der Waals surface area contributed by atoms with Crippen molar-refractivity contribution in [3.8, 4) is 0 Å². The first-order valence-electron chi connectivity index (χ1n) is 61.5. The predicted octanol–water partition coefficient (Wildman–Crippen LogP) is 40.6. The standard InChI is InChI=1S/3C41H86N.H3O4P/c3*1-9-16-21-24-27-30-35-42(8,36-31-28-25-22-17-10-2)41(34-29-26-23-18-11-3,37-39(14-6)32-19-12-4)38-40(15-7)33-20-13-5;1-5(2,3)4/h3*39-40H,9-38H2,1-8H3;(H3,1,2,3,4)/q3*+1;/p-3. The Bertz CT molecular complexity index is 1930. The Morgan fingerprint density at radius 2 is 0.282 bits per heavy atom. The molecule has 0 aliphatic carbocycles. The largest absolute Gasteiger partial charge is 0.822 e. The summed E-state index contributed by atoms with van der Waals surface area (Å²) in [6.45, 7) is 59.4. The minimum Gasteiger partial charge on any atom is -0.822 e. The minimum atomic E-state index is -5.39. The van der Waals surface area contributed by atoms with Gasteiger partial charge in [0.15, 0.2) is 0 Å². The molecule has 0 saturated heterocycles. The van der Waals surface area contributed by atoms with Crippen molar-refractivity contribution in [2.75, 3.05) is 60.4 Å². The second-order valence-corrected chi connectivity index (χ2v) is 46.4. The molecule has 0 aliphatic rings. The van der Waals surface area contributed by atoms with Crippen molar-refractivity contribution in [3.05, 3.63) is 0 Å². The highest BCUT2D eigenvalue weighted by Gasteiger charge is 2.52. The molecule has 0 aromatic rings. The molecule has 0 heterocycles. The van der Waals surface area contributed by atoms with E-state index in [1.807, 2.05) is 0 Å². The van der Waals surface area contributed by atoms with Gasteiger partial charge in [0.25, 0.3) is 0 Å². The Hall–Kier alpha value is -0.0100. The normalized spacial score (nSPS) is 15.0. The van der Waals surface area contributed by atoms with E-state index in [4.69, 9.17) is 19.2 Å². The molecule has 0 spiro atoms. The fraction of sp³-hybridized carbons (Fsp3) is 1.00. The van der Waals surface area contributed by atoms with Crippen molar-refractivity contribution in [1.82, 2.24) is 0 Å². The SMILES string of the molecule is CCCCCCCC[N+](C)(CCCCCCCC)C(CCCCCCC)(CC(CC)CCCC)CC(CC)CCCC.CCCCCCCC[N+](C)(CCCCCCCC)C(CCCCCCC)(CC(CC)CCCC)CC(CC)CCCC.CCCCCCCC[N+](C)(CCCCCCCC)C(CCCCCCC)(CC(CC)CCCC)CC(CC)CCCC.O=P([O-])([O-])[O-]. The van der Waals surface area contributed by atoms with Gasteiger partial charge in [0.1, 0.15) is 0 Å². The Morgan fingerprint density at radius 3 is 0.397 bits per heavy atom. The molecule has 0 N–H and O–H groups in total. The molecule has 0 amide bonds. The molecule has 794 valence electrons. The van der Waals surface area contributed by atoms with E-state index in [0.717, 1.165) is 35.5 Å². The molecule has 0 rings (SSSR count). The van der Waals surface area contributed by atoms with Gasteiger partial charge in [-0.3, -0.25) is 0 Å². The van der Waals surface area contributed by atoms with E-state index >= 15 is 0 Å². The molecule has 0 aromatic heterocycles. The van der Waals surface area contributed by atoms with E-state index in [9.17, 15) is 0 Å². The molecule has 0 saturated carbocycles. The maximum atomic E-state index is 8.55. The lowest BCUT2D eigenvalue weighted by atomic mass is 9.71. The van der Waals surface area contributed by atoms with Crippen molar-refractivity contribution in [1.29, 1.82) is 0 Å². The minimum absolute atomic E-state index is 0.474. The first-order valence-corrected chi connectivity index (χ1v) is 63.0. The van der Waals surface area contributed by atoms with E-state index in [2.05, 4.69) is 167 Å². The number of phosphoric acid groups is 1. The number of nitrogens with zero attached hydrogens (tertiary/aromatic N) is 3. The summed E-state index contributed by atoms with van der Waals surface area (Å²) < 4.78 is 12.7. The Kier molecular flexibility index (Phi) is 101. The summed E-state index contributed by atoms with van der Waals surface area (Å²) >= 11 is 0. The van der Waals surface area contributed by atoms with E-state index in [-0.39, 0.29) is 0 Å². The molecule has 7 nitrogen and oxygen atoms in total. The molecule has 0 fully saturated rings. The van der Waals surface area contributed by atoms with Crippen LogP contribution in [0.1, 0.15) is 685 Å². The summed E-state index contributed by atoms with van der Waals surface area (Å²) in [5.41, 5.74) is 1.42. The maximum absolute atomic E-state index is 8.55. The Balaban J connectivity index is -0.000000898. The highest BCUT2D eigenvalue weighted by atomic mass is 31.2. The van der Waals surface area contributed by atoms with Gasteiger partial charge in [-0.1, -0.05) is 531 Å². The number of hydrogen-bond donors (Lipinski definition) is 0. The number of quaternary nitrogens is 3. The van der Waals surface area contributed by atoms with Gasteiger partial charge in [-0.15, -0.1) is 0 Å². The van der Waals surface area contributed by atoms with Gasteiger partial charge >= 0.3 is 0 Å². The van der Waals surface area contributed by atoms with Crippen molar-refractivity contribution in [2.45, 2.75) is 701 Å². The van der Waals surface area contributed by atoms with Crippen LogP contribution in [0.5, 0.6) is 0 Å². The smallest absolute Gasteiger partial charge is 0.0995 e. The summed E-state index contributed by atoms with van der Waals surface area (Å²) in [6.07, 6.45) is 120. The number of rotatable bonds is 99. The first-order chi connectivity index (χ1) is 63.3. The lowest BCUT2D eigenvalue weighted by Crippen LogP contribution is -2.64. The molecule has 0 radical (unpaired) electrons. The molecular weight excluding hydrogens is 1610 g/mol. The third kappa shape index (κ3) is 72.8. The van der Waals surface area contributed by atoms with Gasteiger partial charge in [0.2, 0.25) is 0 Å². The zero-order valence-corrected chi connectivity index (χ0v) is 96.9. The fourth-order valence-electron chi connectivity index (χ4n) is 24.3. The Labute approximate surface area is 832 Å². The van der Waals surface area contributed by atoms with Crippen LogP contribution in [-0.2, 0) is 4.57 Å². The highest BCUT2D eigenvalue weighted by molar-refractivity contribution is 7.40. The second kappa shape index (κ2) is 96.1. The van der Waals surface area contributed by atoms with Crippen LogP contribution in [0.2, 0.25) is 0 Å². The molecule has 8 heteroatoms. The molecular formula is C123H258N3O4P. The summed E-state index contributed by atoms with van der Waals surface area (Å²) in [4.78, 5) is 25.6. The van der Waals surface area contributed by atoms with Gasteiger partial charge in [-0.25, -0.2) is 0 Å². The number of unbranched alkanes of at least 4 members (excludes halogenated alkanes) is 48. The van der Waals surface area contributed by atoms with Gasteiger partial charge in [-0.2, -0.15) is 7.82 Å². The van der Waals surface area contributed by atoms with Gasteiger partial charge in [-0.05, 0) is 132 Å². The number of hydrogen-bond acceptors (Lipinski definition) is 4. The topological polar surface area (TPSA) is 86.2 Å². The van der Waals surface area contributed by atoms with Crippen molar-refractivity contribution >= 4 is 7.82 Å². The van der Waals surface area contributed by atoms with Gasteiger partial charge < -0.3 is 32.7 Å². The van der Waals surface area contributed by atoms with E-state index in [1.165, 1.54) is 592 Å².